The lowest BCUT2D eigenvalue weighted by molar-refractivity contribution is 0.411. The Balaban J connectivity index is 1.40. The van der Waals surface area contributed by atoms with Crippen molar-refractivity contribution in [3.8, 4) is 40.0 Å². The number of rotatable bonds is 5. The number of phenols is 1. The summed E-state index contributed by atoms with van der Waals surface area (Å²) in [5.74, 6) is 1.07. The molecule has 0 aliphatic rings. The molecule has 4 nitrogen and oxygen atoms in total. The van der Waals surface area contributed by atoms with Crippen molar-refractivity contribution in [2.45, 2.75) is 27.2 Å². The number of phenolic OH excluding ortho intramolecular Hbond substituents is 1. The minimum atomic E-state index is 0.182. The van der Waals surface area contributed by atoms with E-state index in [-0.39, 0.29) is 11.2 Å². The maximum Gasteiger partial charge on any atom is 0.222 e. The van der Waals surface area contributed by atoms with Crippen LogP contribution in [-0.4, -0.2) is 15.1 Å². The average Bonchev–Trinajstić information content (AvgIpc) is 3.36. The lowest BCUT2D eigenvalue weighted by Gasteiger charge is -2.18. The molecule has 0 fully saturated rings. The first-order chi connectivity index (χ1) is 20.3. The predicted molar refractivity (Wildman–Crippen MR) is 175 cm³/mol. The van der Waals surface area contributed by atoms with Crippen LogP contribution in [0.15, 0.2) is 109 Å². The second-order valence-corrected chi connectivity index (χ2v) is 12.9. The molecule has 0 amide bonds. The monoisotopic (exact) mass is 566 g/mol. The molecule has 4 aromatic carbocycles. The van der Waals surface area contributed by atoms with E-state index in [9.17, 15) is 5.11 Å². The first-order valence-corrected chi connectivity index (χ1v) is 14.9. The second-order valence-electron chi connectivity index (χ2n) is 11.9. The molecule has 1 N–H and O–H groups in total. The van der Waals surface area contributed by atoms with Crippen molar-refractivity contribution in [1.29, 1.82) is 0 Å². The molecule has 3 aromatic heterocycles. The highest BCUT2D eigenvalue weighted by molar-refractivity contribution is 7.27. The van der Waals surface area contributed by atoms with Crippen molar-refractivity contribution < 1.29 is 9.84 Å². The van der Waals surface area contributed by atoms with E-state index in [1.807, 2.05) is 72.8 Å². The molecular formula is C37H30N2O2S. The van der Waals surface area contributed by atoms with Crippen LogP contribution in [0.25, 0.3) is 53.5 Å². The molecule has 0 spiro atoms. The molecule has 7 rings (SSSR count). The Labute approximate surface area is 248 Å². The Morgan fingerprint density at radius 2 is 1.48 bits per heavy atom. The molecule has 42 heavy (non-hydrogen) atoms. The van der Waals surface area contributed by atoms with Gasteiger partial charge in [-0.15, -0.1) is 11.3 Å². The summed E-state index contributed by atoms with van der Waals surface area (Å²) in [6.45, 7) is 6.81. The fourth-order valence-electron chi connectivity index (χ4n) is 5.57. The van der Waals surface area contributed by atoms with Crippen LogP contribution in [0.4, 0.5) is 0 Å². The zero-order valence-corrected chi connectivity index (χ0v) is 24.6. The molecule has 0 atom stereocenters. The minimum Gasteiger partial charge on any atom is -0.507 e. The highest BCUT2D eigenvalue weighted by atomic mass is 32.1. The second kappa shape index (κ2) is 10.3. The van der Waals surface area contributed by atoms with Gasteiger partial charge in [0.15, 0.2) is 0 Å². The third-order valence-corrected chi connectivity index (χ3v) is 8.64. The highest BCUT2D eigenvalue weighted by Crippen LogP contribution is 2.45. The van der Waals surface area contributed by atoms with Crippen molar-refractivity contribution in [2.24, 2.45) is 5.41 Å². The van der Waals surface area contributed by atoms with E-state index in [0.717, 1.165) is 33.2 Å². The molecule has 0 saturated carbocycles. The van der Waals surface area contributed by atoms with Crippen molar-refractivity contribution in [3.63, 3.8) is 0 Å². The van der Waals surface area contributed by atoms with E-state index in [1.165, 1.54) is 21.0 Å². The summed E-state index contributed by atoms with van der Waals surface area (Å²) < 4.78 is 8.53. The minimum absolute atomic E-state index is 0.182. The number of benzene rings is 4. The van der Waals surface area contributed by atoms with Gasteiger partial charge in [-0.3, -0.25) is 0 Å². The molecule has 0 saturated heterocycles. The molecule has 5 heteroatoms. The van der Waals surface area contributed by atoms with Crippen LogP contribution in [0, 0.1) is 5.41 Å². The predicted octanol–water partition coefficient (Wildman–Crippen LogP) is 10.4. The lowest BCUT2D eigenvalue weighted by Crippen LogP contribution is -2.08. The van der Waals surface area contributed by atoms with Crippen molar-refractivity contribution in [1.82, 2.24) is 9.97 Å². The van der Waals surface area contributed by atoms with Gasteiger partial charge in [-0.05, 0) is 46.4 Å². The largest absolute Gasteiger partial charge is 0.507 e. The molecule has 0 aliphatic heterocycles. The van der Waals surface area contributed by atoms with Crippen LogP contribution in [-0.2, 0) is 6.42 Å². The number of hydrogen-bond acceptors (Lipinski definition) is 5. The number of nitrogens with zero attached hydrogens (tertiary/aromatic N) is 2. The average molecular weight is 567 g/mol. The van der Waals surface area contributed by atoms with E-state index in [4.69, 9.17) is 14.7 Å². The van der Waals surface area contributed by atoms with Gasteiger partial charge >= 0.3 is 0 Å². The molecule has 0 unspecified atom stereocenters. The van der Waals surface area contributed by atoms with Gasteiger partial charge in [0.2, 0.25) is 11.8 Å². The maximum atomic E-state index is 10.8. The van der Waals surface area contributed by atoms with Crippen LogP contribution >= 0.6 is 11.3 Å². The van der Waals surface area contributed by atoms with Gasteiger partial charge in [0.25, 0.3) is 0 Å². The van der Waals surface area contributed by atoms with E-state index >= 15 is 0 Å². The summed E-state index contributed by atoms with van der Waals surface area (Å²) in [6.07, 6.45) is 1.02. The van der Waals surface area contributed by atoms with Gasteiger partial charge in [-0.2, -0.15) is 0 Å². The first kappa shape index (κ1) is 26.2. The first-order valence-electron chi connectivity index (χ1n) is 14.1. The Morgan fingerprint density at radius 3 is 2.29 bits per heavy atom. The Kier molecular flexibility index (Phi) is 6.40. The van der Waals surface area contributed by atoms with E-state index in [0.29, 0.717) is 23.0 Å². The summed E-state index contributed by atoms with van der Waals surface area (Å²) in [4.78, 5) is 9.70. The third kappa shape index (κ3) is 4.97. The van der Waals surface area contributed by atoms with Gasteiger partial charge in [0, 0.05) is 38.7 Å². The summed E-state index contributed by atoms with van der Waals surface area (Å²) in [7, 11) is 0. The summed E-state index contributed by atoms with van der Waals surface area (Å²) in [5, 5.41) is 15.5. The van der Waals surface area contributed by atoms with Crippen LogP contribution in [0.1, 0.15) is 26.3 Å². The van der Waals surface area contributed by atoms with E-state index < -0.39 is 0 Å². The molecule has 0 radical (unpaired) electrons. The molecule has 206 valence electrons. The highest BCUT2D eigenvalue weighted by Gasteiger charge is 2.19. The Bertz CT molecular complexity index is 2090. The molecule has 3 heterocycles. The number of thiophene rings is 1. The van der Waals surface area contributed by atoms with E-state index in [1.54, 1.807) is 17.4 Å². The van der Waals surface area contributed by atoms with Gasteiger partial charge < -0.3 is 9.84 Å². The van der Waals surface area contributed by atoms with Gasteiger partial charge in [0.05, 0.1) is 16.1 Å². The smallest absolute Gasteiger partial charge is 0.222 e. The van der Waals surface area contributed by atoms with Crippen LogP contribution < -0.4 is 4.74 Å². The topological polar surface area (TPSA) is 55.2 Å². The quantitative estimate of drug-likeness (QED) is 0.225. The number of pyridine rings is 2. The van der Waals surface area contributed by atoms with Crippen LogP contribution in [0.3, 0.4) is 0 Å². The molecular weight excluding hydrogens is 536 g/mol. The number of ether oxygens (including phenoxy) is 1. The van der Waals surface area contributed by atoms with Crippen LogP contribution in [0.2, 0.25) is 0 Å². The summed E-state index contributed by atoms with van der Waals surface area (Å²) in [6, 6.07) is 36.3. The molecule has 0 bridgehead atoms. The standard InChI is InChI=1S/C37H30N2O2S/c1-37(2,3)22-23-16-18-26-25(20-23)17-19-27-29-21-33(41-32-15-9-13-30(38-32)24-10-5-4-6-11-24)39-34(36(29)42-35(26)27)28-12-7-8-14-31(28)40/h4-21,40H,22H2,1-3H3. The van der Waals surface area contributed by atoms with Crippen LogP contribution in [0.5, 0.6) is 17.5 Å². The van der Waals surface area contributed by atoms with Crippen molar-refractivity contribution >= 4 is 42.3 Å². The normalized spacial score (nSPS) is 11.9. The third-order valence-electron chi connectivity index (χ3n) is 7.37. The fourth-order valence-corrected chi connectivity index (χ4v) is 6.89. The van der Waals surface area contributed by atoms with Gasteiger partial charge in [-0.1, -0.05) is 99.6 Å². The lowest BCUT2D eigenvalue weighted by atomic mass is 9.87. The SMILES string of the molecule is CC(C)(C)Cc1ccc2c(ccc3c4cc(Oc5cccc(-c6ccccc6)n5)nc(-c5ccccc5O)c4sc23)c1. The number of aromatic hydroxyl groups is 1. The number of para-hydroxylation sites is 1. The molecule has 0 aliphatic carbocycles. The summed E-state index contributed by atoms with van der Waals surface area (Å²) in [5.41, 5.74) is 4.77. The zero-order valence-electron chi connectivity index (χ0n) is 23.8. The number of aromatic nitrogens is 2. The summed E-state index contributed by atoms with van der Waals surface area (Å²) >= 11 is 1.71. The van der Waals surface area contributed by atoms with Gasteiger partial charge in [-0.25, -0.2) is 9.97 Å². The van der Waals surface area contributed by atoms with E-state index in [2.05, 4.69) is 51.1 Å². The Hall–Kier alpha value is -4.74. The Morgan fingerprint density at radius 1 is 0.690 bits per heavy atom. The molecule has 7 aromatic rings. The number of fused-ring (bicyclic) bond motifs is 5. The van der Waals surface area contributed by atoms with Gasteiger partial charge in [0.1, 0.15) is 5.75 Å². The fraction of sp³-hybridized carbons (Fsp3) is 0.135. The zero-order chi connectivity index (χ0) is 28.8. The number of hydrogen-bond donors (Lipinski definition) is 1. The van der Waals surface area contributed by atoms with Crippen molar-refractivity contribution in [2.75, 3.05) is 0 Å². The van der Waals surface area contributed by atoms with Crippen molar-refractivity contribution in [3.05, 3.63) is 115 Å². The maximum absolute atomic E-state index is 10.8.